The summed E-state index contributed by atoms with van der Waals surface area (Å²) >= 11 is 0. The van der Waals surface area contributed by atoms with Crippen LogP contribution in [0.3, 0.4) is 0 Å². The van der Waals surface area contributed by atoms with E-state index >= 15 is 0 Å². The van der Waals surface area contributed by atoms with E-state index < -0.39 is 18.0 Å². The fraction of sp³-hybridized carbons (Fsp3) is 0.909. The van der Waals surface area contributed by atoms with Gasteiger partial charge in [-0.1, -0.05) is 0 Å². The van der Waals surface area contributed by atoms with E-state index in [0.717, 1.165) is 38.5 Å². The third-order valence-corrected chi connectivity index (χ3v) is 6.69. The molecular weight excluding hydrogens is 356 g/mol. The third-order valence-electron chi connectivity index (χ3n) is 6.69. The van der Waals surface area contributed by atoms with Crippen molar-refractivity contribution in [1.29, 1.82) is 0 Å². The Hall–Kier alpha value is -1.14. The lowest BCUT2D eigenvalue weighted by molar-refractivity contribution is -0.272. The van der Waals surface area contributed by atoms with Gasteiger partial charge in [-0.3, -0.25) is 9.69 Å². The molecule has 0 radical (unpaired) electrons. The SMILES string of the molecule is CC1(C)CCCC(C)(C)N1OC(=O)C(CC(=O)O)N1C(C)(C)CCCC1(C)C. The Kier molecular flexibility index (Phi) is 6.28. The minimum absolute atomic E-state index is 0.250. The van der Waals surface area contributed by atoms with Crippen LogP contribution < -0.4 is 0 Å². The van der Waals surface area contributed by atoms with Crippen LogP contribution in [0.1, 0.15) is 100 Å². The molecule has 6 heteroatoms. The van der Waals surface area contributed by atoms with Crippen molar-refractivity contribution in [2.45, 2.75) is 129 Å². The van der Waals surface area contributed by atoms with Crippen LogP contribution in [0.15, 0.2) is 0 Å². The smallest absolute Gasteiger partial charge is 0.342 e. The zero-order chi connectivity index (χ0) is 21.5. The minimum Gasteiger partial charge on any atom is -0.481 e. The average molecular weight is 397 g/mol. The molecule has 2 fully saturated rings. The van der Waals surface area contributed by atoms with Crippen LogP contribution in [0.5, 0.6) is 0 Å². The van der Waals surface area contributed by atoms with Gasteiger partial charge in [0.25, 0.3) is 0 Å². The Bertz CT molecular complexity index is 578. The van der Waals surface area contributed by atoms with Crippen LogP contribution in [0.25, 0.3) is 0 Å². The highest BCUT2D eigenvalue weighted by molar-refractivity contribution is 5.82. The Morgan fingerprint density at radius 3 is 1.61 bits per heavy atom. The van der Waals surface area contributed by atoms with E-state index in [1.165, 1.54) is 0 Å². The van der Waals surface area contributed by atoms with Gasteiger partial charge in [0.1, 0.15) is 6.04 Å². The Morgan fingerprint density at radius 1 is 0.821 bits per heavy atom. The first-order chi connectivity index (χ1) is 12.6. The number of likely N-dealkylation sites (tertiary alicyclic amines) is 1. The molecule has 0 bridgehead atoms. The number of carbonyl (C=O) groups is 2. The number of hydrogen-bond donors (Lipinski definition) is 1. The summed E-state index contributed by atoms with van der Waals surface area (Å²) in [5, 5.41) is 11.4. The fourth-order valence-corrected chi connectivity index (χ4v) is 5.68. The molecule has 2 rings (SSSR count). The van der Waals surface area contributed by atoms with E-state index in [4.69, 9.17) is 4.84 Å². The molecule has 0 aromatic carbocycles. The zero-order valence-electron chi connectivity index (χ0n) is 19.1. The summed E-state index contributed by atoms with van der Waals surface area (Å²) in [6, 6.07) is -0.809. The van der Waals surface area contributed by atoms with Crippen molar-refractivity contribution in [2.75, 3.05) is 0 Å². The van der Waals surface area contributed by atoms with Crippen molar-refractivity contribution in [3.63, 3.8) is 0 Å². The summed E-state index contributed by atoms with van der Waals surface area (Å²) in [6.45, 7) is 16.7. The molecule has 0 aromatic heterocycles. The van der Waals surface area contributed by atoms with Crippen molar-refractivity contribution >= 4 is 11.9 Å². The van der Waals surface area contributed by atoms with E-state index in [2.05, 4.69) is 60.3 Å². The first kappa shape index (κ1) is 23.1. The second-order valence-corrected chi connectivity index (χ2v) is 11.1. The van der Waals surface area contributed by atoms with Crippen molar-refractivity contribution in [2.24, 2.45) is 0 Å². The highest BCUT2D eigenvalue weighted by atomic mass is 16.7. The number of carboxylic acids is 1. The van der Waals surface area contributed by atoms with E-state index in [-0.39, 0.29) is 28.6 Å². The molecule has 1 N–H and O–H groups in total. The number of hydroxylamine groups is 2. The van der Waals surface area contributed by atoms with Crippen LogP contribution in [0.2, 0.25) is 0 Å². The van der Waals surface area contributed by atoms with Gasteiger partial charge in [0, 0.05) is 11.1 Å². The first-order valence-corrected chi connectivity index (χ1v) is 10.6. The first-order valence-electron chi connectivity index (χ1n) is 10.6. The molecule has 2 saturated heterocycles. The van der Waals surface area contributed by atoms with E-state index in [1.807, 2.05) is 5.06 Å². The predicted molar refractivity (Wildman–Crippen MR) is 110 cm³/mol. The summed E-state index contributed by atoms with van der Waals surface area (Å²) in [4.78, 5) is 33.2. The molecule has 1 atom stereocenters. The van der Waals surface area contributed by atoms with Crippen LogP contribution >= 0.6 is 0 Å². The van der Waals surface area contributed by atoms with Gasteiger partial charge < -0.3 is 9.94 Å². The average Bonchev–Trinajstić information content (AvgIpc) is 2.47. The summed E-state index contributed by atoms with van der Waals surface area (Å²) in [6.07, 6.45) is 5.64. The van der Waals surface area contributed by atoms with E-state index in [1.54, 1.807) is 0 Å². The number of aliphatic carboxylic acids is 1. The van der Waals surface area contributed by atoms with Gasteiger partial charge in [-0.2, -0.15) is 0 Å². The fourth-order valence-electron chi connectivity index (χ4n) is 5.68. The summed E-state index contributed by atoms with van der Waals surface area (Å²) in [7, 11) is 0. The molecule has 0 spiro atoms. The van der Waals surface area contributed by atoms with Gasteiger partial charge in [0.05, 0.1) is 17.5 Å². The highest BCUT2D eigenvalue weighted by Gasteiger charge is 2.51. The van der Waals surface area contributed by atoms with Crippen LogP contribution in [0, 0.1) is 0 Å². The molecule has 6 nitrogen and oxygen atoms in total. The monoisotopic (exact) mass is 396 g/mol. The Morgan fingerprint density at radius 2 is 1.21 bits per heavy atom. The number of piperidine rings is 2. The maximum absolute atomic E-state index is 13.4. The van der Waals surface area contributed by atoms with Gasteiger partial charge in [-0.15, -0.1) is 5.06 Å². The lowest BCUT2D eigenvalue weighted by atomic mass is 9.78. The third kappa shape index (κ3) is 4.70. The largest absolute Gasteiger partial charge is 0.481 e. The lowest BCUT2D eigenvalue weighted by Gasteiger charge is -2.56. The maximum atomic E-state index is 13.4. The van der Waals surface area contributed by atoms with Crippen LogP contribution in [-0.4, -0.2) is 55.2 Å². The Labute approximate surface area is 170 Å². The van der Waals surface area contributed by atoms with Crippen molar-refractivity contribution in [3.8, 4) is 0 Å². The van der Waals surface area contributed by atoms with Gasteiger partial charge in [0.15, 0.2) is 0 Å². The van der Waals surface area contributed by atoms with Crippen molar-refractivity contribution in [1.82, 2.24) is 9.96 Å². The topological polar surface area (TPSA) is 70.1 Å². The van der Waals surface area contributed by atoms with Gasteiger partial charge in [-0.25, -0.2) is 4.79 Å². The molecule has 1 unspecified atom stereocenters. The molecule has 0 saturated carbocycles. The normalized spacial score (nSPS) is 27.7. The predicted octanol–water partition coefficient (Wildman–Crippen LogP) is 4.37. The lowest BCUT2D eigenvalue weighted by Crippen LogP contribution is -2.66. The van der Waals surface area contributed by atoms with Crippen molar-refractivity contribution < 1.29 is 19.5 Å². The Balaban J connectivity index is 2.37. The number of carboxylic acid groups (broad SMARTS) is 1. The molecule has 2 aliphatic heterocycles. The molecule has 162 valence electrons. The standard InChI is InChI=1S/C22H40N2O4/c1-19(2)11-9-12-20(3,4)23(19)16(15-17(25)26)18(27)28-24-21(5,6)13-10-14-22(24,7)8/h16H,9-15H2,1-8H3,(H,25,26). The summed E-state index contributed by atoms with van der Waals surface area (Å²) in [5.74, 6) is -1.43. The van der Waals surface area contributed by atoms with Crippen LogP contribution in [-0.2, 0) is 14.4 Å². The quantitative estimate of drug-likeness (QED) is 0.744. The number of nitrogens with zero attached hydrogens (tertiary/aromatic N) is 2. The number of hydrogen-bond acceptors (Lipinski definition) is 5. The van der Waals surface area contributed by atoms with Gasteiger partial charge in [0.2, 0.25) is 0 Å². The second kappa shape index (κ2) is 7.60. The number of rotatable bonds is 5. The van der Waals surface area contributed by atoms with Gasteiger partial charge >= 0.3 is 11.9 Å². The van der Waals surface area contributed by atoms with E-state index in [9.17, 15) is 14.7 Å². The number of carbonyl (C=O) groups excluding carboxylic acids is 1. The molecular formula is C22H40N2O4. The second-order valence-electron chi connectivity index (χ2n) is 11.1. The molecule has 0 amide bonds. The van der Waals surface area contributed by atoms with Crippen LogP contribution in [0.4, 0.5) is 0 Å². The minimum atomic E-state index is -0.976. The maximum Gasteiger partial charge on any atom is 0.342 e. The molecule has 2 heterocycles. The highest BCUT2D eigenvalue weighted by Crippen LogP contribution is 2.42. The molecule has 28 heavy (non-hydrogen) atoms. The molecule has 2 aliphatic rings. The van der Waals surface area contributed by atoms with Gasteiger partial charge in [-0.05, 0) is 93.9 Å². The van der Waals surface area contributed by atoms with Crippen molar-refractivity contribution in [3.05, 3.63) is 0 Å². The molecule has 0 aromatic rings. The zero-order valence-corrected chi connectivity index (χ0v) is 19.1. The molecule has 0 aliphatic carbocycles. The summed E-state index contributed by atoms with van der Waals surface area (Å²) < 4.78 is 0. The van der Waals surface area contributed by atoms with E-state index in [0.29, 0.717) is 0 Å². The summed E-state index contributed by atoms with van der Waals surface area (Å²) in [5.41, 5.74) is -1.10.